The van der Waals surface area contributed by atoms with Gasteiger partial charge < -0.3 is 9.84 Å². The number of benzene rings is 1. The lowest BCUT2D eigenvalue weighted by Crippen LogP contribution is -2.11. The molecular weight excluding hydrogens is 289 g/mol. The maximum Gasteiger partial charge on any atom is 0.417 e. The molecule has 0 unspecified atom stereocenters. The van der Waals surface area contributed by atoms with Gasteiger partial charge in [0.25, 0.3) is 0 Å². The van der Waals surface area contributed by atoms with E-state index in [1.807, 2.05) is 0 Å². The summed E-state index contributed by atoms with van der Waals surface area (Å²) in [7, 11) is 1.16. The quantitative estimate of drug-likeness (QED) is 0.943. The molecule has 2 rings (SSSR count). The second-order valence-electron chi connectivity index (χ2n) is 3.99. The van der Waals surface area contributed by atoms with Gasteiger partial charge in [-0.3, -0.25) is 0 Å². The van der Waals surface area contributed by atoms with Gasteiger partial charge in [0.15, 0.2) is 0 Å². The average Bonchev–Trinajstić information content (AvgIpc) is 2.45. The Kier molecular flexibility index (Phi) is 3.79. The lowest BCUT2D eigenvalue weighted by atomic mass is 9.97. The fourth-order valence-electron chi connectivity index (χ4n) is 1.89. The highest BCUT2D eigenvalue weighted by Crippen LogP contribution is 2.39. The lowest BCUT2D eigenvalue weighted by molar-refractivity contribution is -0.137. The second-order valence-corrected chi connectivity index (χ2v) is 3.99. The molecule has 0 aliphatic heterocycles. The van der Waals surface area contributed by atoms with Crippen LogP contribution in [0.5, 0.6) is 5.88 Å². The molecule has 21 heavy (non-hydrogen) atoms. The normalized spacial score (nSPS) is 11.2. The Morgan fingerprint density at radius 1 is 1.24 bits per heavy atom. The predicted octanol–water partition coefficient (Wildman–Crippen LogP) is 2.87. The van der Waals surface area contributed by atoms with Gasteiger partial charge in [-0.2, -0.15) is 18.3 Å². The first-order valence-corrected chi connectivity index (χ1v) is 5.65. The van der Waals surface area contributed by atoms with Crippen molar-refractivity contribution in [3.8, 4) is 17.0 Å². The van der Waals surface area contributed by atoms with E-state index in [4.69, 9.17) is 4.74 Å². The zero-order valence-electron chi connectivity index (χ0n) is 10.7. The van der Waals surface area contributed by atoms with Gasteiger partial charge in [0.1, 0.15) is 5.56 Å². The summed E-state index contributed by atoms with van der Waals surface area (Å²) in [6.07, 6.45) is -3.65. The number of halogens is 3. The molecule has 1 N–H and O–H groups in total. The summed E-state index contributed by atoms with van der Waals surface area (Å²) >= 11 is 0. The number of hydrogen-bond acceptors (Lipinski definition) is 4. The zero-order chi connectivity index (χ0) is 15.6. The molecule has 1 heterocycles. The van der Waals surface area contributed by atoms with Gasteiger partial charge in [-0.25, -0.2) is 4.79 Å². The molecule has 0 aliphatic carbocycles. The van der Waals surface area contributed by atoms with E-state index in [0.717, 1.165) is 19.4 Å². The third-order valence-corrected chi connectivity index (χ3v) is 2.75. The Morgan fingerprint density at radius 3 is 2.48 bits per heavy atom. The number of carboxylic acid groups (broad SMARTS) is 1. The first-order chi connectivity index (χ1) is 9.86. The van der Waals surface area contributed by atoms with Crippen LogP contribution in [0.2, 0.25) is 0 Å². The SMILES string of the molecule is COc1nncc(-c2ccccc2C(F)(F)F)c1C(=O)O. The van der Waals surface area contributed by atoms with Crippen LogP contribution in [-0.4, -0.2) is 28.4 Å². The van der Waals surface area contributed by atoms with Crippen LogP contribution in [0.25, 0.3) is 11.1 Å². The van der Waals surface area contributed by atoms with E-state index >= 15 is 0 Å². The molecule has 8 heteroatoms. The summed E-state index contributed by atoms with van der Waals surface area (Å²) in [6.45, 7) is 0. The standard InChI is InChI=1S/C13H9F3N2O3/c1-21-11-10(12(19)20)8(6-17-18-11)7-4-2-3-5-9(7)13(14,15)16/h2-6H,1H3,(H,19,20). The maximum atomic E-state index is 13.0. The fraction of sp³-hybridized carbons (Fsp3) is 0.154. The Balaban J connectivity index is 2.77. The molecule has 0 bridgehead atoms. The molecule has 2 aromatic rings. The predicted molar refractivity (Wildman–Crippen MR) is 66.0 cm³/mol. The van der Waals surface area contributed by atoms with Gasteiger partial charge in [-0.15, -0.1) is 5.10 Å². The van der Waals surface area contributed by atoms with Crippen molar-refractivity contribution >= 4 is 5.97 Å². The van der Waals surface area contributed by atoms with E-state index in [9.17, 15) is 23.1 Å². The molecule has 0 atom stereocenters. The van der Waals surface area contributed by atoms with E-state index < -0.39 is 23.3 Å². The molecule has 0 saturated carbocycles. The number of aromatic carboxylic acids is 1. The van der Waals surface area contributed by atoms with Gasteiger partial charge in [0.2, 0.25) is 5.88 Å². The minimum Gasteiger partial charge on any atom is -0.479 e. The third kappa shape index (κ3) is 2.78. The Morgan fingerprint density at radius 2 is 1.90 bits per heavy atom. The van der Waals surface area contributed by atoms with Gasteiger partial charge >= 0.3 is 12.1 Å². The molecular formula is C13H9F3N2O3. The van der Waals surface area contributed by atoms with Crippen LogP contribution in [0.3, 0.4) is 0 Å². The van der Waals surface area contributed by atoms with E-state index in [1.54, 1.807) is 0 Å². The molecule has 0 amide bonds. The van der Waals surface area contributed by atoms with Crippen LogP contribution in [-0.2, 0) is 6.18 Å². The maximum absolute atomic E-state index is 13.0. The summed E-state index contributed by atoms with van der Waals surface area (Å²) in [5, 5.41) is 16.2. The Labute approximate surface area is 117 Å². The van der Waals surface area contributed by atoms with Crippen LogP contribution in [0.1, 0.15) is 15.9 Å². The number of nitrogens with zero attached hydrogens (tertiary/aromatic N) is 2. The molecule has 5 nitrogen and oxygen atoms in total. The summed E-state index contributed by atoms with van der Waals surface area (Å²) in [4.78, 5) is 11.3. The summed E-state index contributed by atoms with van der Waals surface area (Å²) in [5.74, 6) is -1.80. The number of ether oxygens (including phenoxy) is 1. The first-order valence-electron chi connectivity index (χ1n) is 5.65. The fourth-order valence-corrected chi connectivity index (χ4v) is 1.89. The second kappa shape index (κ2) is 5.39. The summed E-state index contributed by atoms with van der Waals surface area (Å²) in [6, 6.07) is 4.64. The molecule has 110 valence electrons. The van der Waals surface area contributed by atoms with Gasteiger partial charge in [-0.1, -0.05) is 18.2 Å². The number of carbonyl (C=O) groups is 1. The molecule has 1 aromatic heterocycles. The highest BCUT2D eigenvalue weighted by molar-refractivity contribution is 5.98. The highest BCUT2D eigenvalue weighted by Gasteiger charge is 2.35. The van der Waals surface area contributed by atoms with Crippen LogP contribution < -0.4 is 4.74 Å². The highest BCUT2D eigenvalue weighted by atomic mass is 19.4. The number of hydrogen-bond donors (Lipinski definition) is 1. The van der Waals surface area contributed by atoms with E-state index in [0.29, 0.717) is 0 Å². The van der Waals surface area contributed by atoms with Crippen molar-refractivity contribution in [2.45, 2.75) is 6.18 Å². The summed E-state index contributed by atoms with van der Waals surface area (Å²) in [5.41, 5.74) is -1.93. The minimum atomic E-state index is -4.62. The van der Waals surface area contributed by atoms with Crippen molar-refractivity contribution in [2.75, 3.05) is 7.11 Å². The van der Waals surface area contributed by atoms with Crippen molar-refractivity contribution in [2.24, 2.45) is 0 Å². The van der Waals surface area contributed by atoms with Crippen molar-refractivity contribution in [1.82, 2.24) is 10.2 Å². The number of alkyl halides is 3. The van der Waals surface area contributed by atoms with Crippen LogP contribution in [0.4, 0.5) is 13.2 Å². The number of rotatable bonds is 3. The molecule has 0 aliphatic rings. The van der Waals surface area contributed by atoms with Crippen LogP contribution >= 0.6 is 0 Å². The van der Waals surface area contributed by atoms with Gasteiger partial charge in [0.05, 0.1) is 18.9 Å². The number of carboxylic acids is 1. The van der Waals surface area contributed by atoms with E-state index in [2.05, 4.69) is 10.2 Å². The minimum absolute atomic E-state index is 0.206. The summed E-state index contributed by atoms with van der Waals surface area (Å²) < 4.78 is 43.9. The molecule has 1 aromatic carbocycles. The van der Waals surface area contributed by atoms with Gasteiger partial charge in [-0.05, 0) is 11.6 Å². The average molecular weight is 298 g/mol. The van der Waals surface area contributed by atoms with Crippen LogP contribution in [0.15, 0.2) is 30.5 Å². The van der Waals surface area contributed by atoms with Crippen molar-refractivity contribution in [3.05, 3.63) is 41.6 Å². The monoisotopic (exact) mass is 298 g/mol. The molecule has 0 spiro atoms. The molecule has 0 fully saturated rings. The third-order valence-electron chi connectivity index (χ3n) is 2.75. The first kappa shape index (κ1) is 14.8. The zero-order valence-corrected chi connectivity index (χ0v) is 10.7. The van der Waals surface area contributed by atoms with E-state index in [1.165, 1.54) is 18.2 Å². The topological polar surface area (TPSA) is 72.3 Å². The number of methoxy groups -OCH3 is 1. The van der Waals surface area contributed by atoms with Crippen LogP contribution in [0, 0.1) is 0 Å². The smallest absolute Gasteiger partial charge is 0.417 e. The lowest BCUT2D eigenvalue weighted by Gasteiger charge is -2.14. The molecule has 0 radical (unpaired) electrons. The largest absolute Gasteiger partial charge is 0.479 e. The van der Waals surface area contributed by atoms with E-state index in [-0.39, 0.29) is 17.0 Å². The molecule has 0 saturated heterocycles. The van der Waals surface area contributed by atoms with Gasteiger partial charge in [0, 0.05) is 5.56 Å². The number of aromatic nitrogens is 2. The Hall–Kier alpha value is -2.64. The van der Waals surface area contributed by atoms with Crippen molar-refractivity contribution in [1.29, 1.82) is 0 Å². The van der Waals surface area contributed by atoms with Crippen molar-refractivity contribution in [3.63, 3.8) is 0 Å². The Bertz CT molecular complexity index is 687. The van der Waals surface area contributed by atoms with Crippen molar-refractivity contribution < 1.29 is 27.8 Å².